The maximum Gasteiger partial charge on any atom is 0.408 e. The zero-order valence-electron chi connectivity index (χ0n) is 14.5. The van der Waals surface area contributed by atoms with E-state index in [1.807, 2.05) is 13.8 Å². The number of pyridine rings is 1. The van der Waals surface area contributed by atoms with E-state index >= 15 is 0 Å². The fourth-order valence-corrected chi connectivity index (χ4v) is 2.51. The van der Waals surface area contributed by atoms with Crippen LogP contribution < -0.4 is 10.6 Å². The summed E-state index contributed by atoms with van der Waals surface area (Å²) < 4.78 is 10.1. The van der Waals surface area contributed by atoms with Crippen molar-refractivity contribution < 1.29 is 24.2 Å². The molecule has 1 aromatic heterocycles. The standard InChI is InChI=1S/C17H25N3O5/c1-11(2)9-14(15(21)19-13-6-8-24-16(13)22)20-17(23)25-10-12-5-3-4-7-18-12/h3-5,7,11,13-14,16,22H,6,8-10H2,1-2H3,(H,19,21)(H,20,23)/t13-,14?,16?/m0/s1. The Labute approximate surface area is 146 Å². The fourth-order valence-electron chi connectivity index (χ4n) is 2.51. The third kappa shape index (κ3) is 6.32. The number of aliphatic hydroxyl groups is 1. The highest BCUT2D eigenvalue weighted by Crippen LogP contribution is 2.12. The van der Waals surface area contributed by atoms with Crippen LogP contribution in [0.2, 0.25) is 0 Å². The Bertz CT molecular complexity index is 567. The molecule has 25 heavy (non-hydrogen) atoms. The molecule has 0 aromatic carbocycles. The molecule has 2 rings (SSSR count). The molecule has 0 saturated carbocycles. The largest absolute Gasteiger partial charge is 0.443 e. The minimum atomic E-state index is -1.01. The van der Waals surface area contributed by atoms with Crippen LogP contribution in [0.1, 0.15) is 32.4 Å². The molecule has 1 saturated heterocycles. The van der Waals surface area contributed by atoms with Crippen LogP contribution in [0.3, 0.4) is 0 Å². The quantitative estimate of drug-likeness (QED) is 0.675. The number of aliphatic hydroxyl groups excluding tert-OH is 1. The average Bonchev–Trinajstić information content (AvgIpc) is 2.98. The molecule has 1 aliphatic heterocycles. The Morgan fingerprint density at radius 2 is 2.24 bits per heavy atom. The van der Waals surface area contributed by atoms with E-state index in [-0.39, 0.29) is 18.4 Å². The second-order valence-corrected chi connectivity index (χ2v) is 6.39. The van der Waals surface area contributed by atoms with E-state index in [9.17, 15) is 14.7 Å². The lowest BCUT2D eigenvalue weighted by molar-refractivity contribution is -0.127. The van der Waals surface area contributed by atoms with E-state index in [2.05, 4.69) is 15.6 Å². The van der Waals surface area contributed by atoms with Crippen molar-refractivity contribution in [3.63, 3.8) is 0 Å². The first kappa shape index (κ1) is 19.1. The Balaban J connectivity index is 1.87. The first-order valence-electron chi connectivity index (χ1n) is 8.39. The van der Waals surface area contributed by atoms with E-state index in [0.717, 1.165) is 0 Å². The molecule has 2 heterocycles. The summed E-state index contributed by atoms with van der Waals surface area (Å²) >= 11 is 0. The number of ether oxygens (including phenoxy) is 2. The molecule has 0 bridgehead atoms. The minimum absolute atomic E-state index is 0.0257. The van der Waals surface area contributed by atoms with Gasteiger partial charge in [0.2, 0.25) is 5.91 Å². The molecule has 0 radical (unpaired) electrons. The van der Waals surface area contributed by atoms with Gasteiger partial charge in [-0.05, 0) is 30.9 Å². The smallest absolute Gasteiger partial charge is 0.408 e. The molecule has 1 aliphatic rings. The van der Waals surface area contributed by atoms with Crippen molar-refractivity contribution >= 4 is 12.0 Å². The number of nitrogens with zero attached hydrogens (tertiary/aromatic N) is 1. The highest BCUT2D eigenvalue weighted by Gasteiger charge is 2.31. The average molecular weight is 351 g/mol. The summed E-state index contributed by atoms with van der Waals surface area (Å²) in [6, 6.07) is 4.10. The molecule has 3 N–H and O–H groups in total. The maximum atomic E-state index is 12.4. The van der Waals surface area contributed by atoms with Gasteiger partial charge < -0.3 is 25.2 Å². The Morgan fingerprint density at radius 3 is 2.84 bits per heavy atom. The van der Waals surface area contributed by atoms with Crippen LogP contribution in [-0.4, -0.2) is 47.1 Å². The molecule has 3 atom stereocenters. The molecule has 1 aromatic rings. The first-order valence-corrected chi connectivity index (χ1v) is 8.39. The summed E-state index contributed by atoms with van der Waals surface area (Å²) in [5.41, 5.74) is 0.619. The van der Waals surface area contributed by atoms with Crippen molar-refractivity contribution in [1.29, 1.82) is 0 Å². The van der Waals surface area contributed by atoms with Crippen LogP contribution in [0.4, 0.5) is 4.79 Å². The van der Waals surface area contributed by atoms with Gasteiger partial charge in [-0.25, -0.2) is 4.79 Å². The van der Waals surface area contributed by atoms with Crippen LogP contribution in [0.15, 0.2) is 24.4 Å². The Morgan fingerprint density at radius 1 is 1.44 bits per heavy atom. The normalized spacial score (nSPS) is 21.0. The lowest BCUT2D eigenvalue weighted by Gasteiger charge is -2.23. The van der Waals surface area contributed by atoms with E-state index in [1.54, 1.807) is 24.4 Å². The molecule has 2 amide bonds. The molecule has 0 spiro atoms. The number of carbonyl (C=O) groups excluding carboxylic acids is 2. The molecule has 0 aliphatic carbocycles. The van der Waals surface area contributed by atoms with Gasteiger partial charge in [-0.1, -0.05) is 19.9 Å². The molecular formula is C17H25N3O5. The van der Waals surface area contributed by atoms with E-state index < -0.39 is 24.5 Å². The third-order valence-electron chi connectivity index (χ3n) is 3.78. The zero-order valence-corrected chi connectivity index (χ0v) is 14.5. The SMILES string of the molecule is CC(C)CC(NC(=O)OCc1ccccn1)C(=O)N[C@H]1CCOC1O. The van der Waals surface area contributed by atoms with Gasteiger partial charge in [-0.2, -0.15) is 0 Å². The summed E-state index contributed by atoms with van der Waals surface area (Å²) in [6.07, 6.45) is 0.898. The van der Waals surface area contributed by atoms with Gasteiger partial charge in [0.1, 0.15) is 12.6 Å². The number of amides is 2. The lowest BCUT2D eigenvalue weighted by Crippen LogP contribution is -2.51. The molecule has 8 heteroatoms. The Kier molecular flexibility index (Phi) is 7.15. The third-order valence-corrected chi connectivity index (χ3v) is 3.78. The van der Waals surface area contributed by atoms with Gasteiger partial charge in [0.25, 0.3) is 0 Å². The van der Waals surface area contributed by atoms with Crippen LogP contribution in [-0.2, 0) is 20.9 Å². The van der Waals surface area contributed by atoms with Crippen molar-refractivity contribution in [3.8, 4) is 0 Å². The number of aromatic nitrogens is 1. The van der Waals surface area contributed by atoms with E-state index in [1.165, 1.54) is 0 Å². The Hall–Kier alpha value is -2.19. The van der Waals surface area contributed by atoms with E-state index in [0.29, 0.717) is 25.1 Å². The van der Waals surface area contributed by atoms with E-state index in [4.69, 9.17) is 9.47 Å². The summed E-state index contributed by atoms with van der Waals surface area (Å²) in [5.74, 6) is -0.172. The predicted octanol–water partition coefficient (Wildman–Crippen LogP) is 0.946. The number of carbonyl (C=O) groups is 2. The van der Waals surface area contributed by atoms with Gasteiger partial charge >= 0.3 is 6.09 Å². The van der Waals surface area contributed by atoms with Gasteiger partial charge in [-0.15, -0.1) is 0 Å². The lowest BCUT2D eigenvalue weighted by atomic mass is 10.0. The second kappa shape index (κ2) is 9.33. The fraction of sp³-hybridized carbons (Fsp3) is 0.588. The summed E-state index contributed by atoms with van der Waals surface area (Å²) in [6.45, 7) is 4.32. The van der Waals surface area contributed by atoms with Gasteiger partial charge in [0.05, 0.1) is 18.3 Å². The number of hydrogen-bond acceptors (Lipinski definition) is 6. The monoisotopic (exact) mass is 351 g/mol. The number of alkyl carbamates (subject to hydrolysis) is 1. The second-order valence-electron chi connectivity index (χ2n) is 6.39. The van der Waals surface area contributed by atoms with Crippen LogP contribution in [0.5, 0.6) is 0 Å². The van der Waals surface area contributed by atoms with Crippen molar-refractivity contribution in [1.82, 2.24) is 15.6 Å². The van der Waals surface area contributed by atoms with Crippen LogP contribution in [0.25, 0.3) is 0 Å². The van der Waals surface area contributed by atoms with Gasteiger partial charge in [-0.3, -0.25) is 9.78 Å². The van der Waals surface area contributed by atoms with Gasteiger partial charge in [0, 0.05) is 6.20 Å². The van der Waals surface area contributed by atoms with Crippen molar-refractivity contribution in [2.75, 3.05) is 6.61 Å². The molecule has 2 unspecified atom stereocenters. The number of hydrogen-bond donors (Lipinski definition) is 3. The molecular weight excluding hydrogens is 326 g/mol. The highest BCUT2D eigenvalue weighted by atomic mass is 16.6. The maximum absolute atomic E-state index is 12.4. The molecule has 8 nitrogen and oxygen atoms in total. The van der Waals surface area contributed by atoms with Crippen molar-refractivity contribution in [3.05, 3.63) is 30.1 Å². The number of rotatable bonds is 7. The minimum Gasteiger partial charge on any atom is -0.443 e. The predicted molar refractivity (Wildman–Crippen MR) is 89.3 cm³/mol. The molecule has 138 valence electrons. The first-order chi connectivity index (χ1) is 12.0. The molecule has 1 fully saturated rings. The number of nitrogens with one attached hydrogen (secondary N) is 2. The zero-order chi connectivity index (χ0) is 18.2. The summed E-state index contributed by atoms with van der Waals surface area (Å²) in [7, 11) is 0. The van der Waals surface area contributed by atoms with Gasteiger partial charge in [0.15, 0.2) is 6.29 Å². The topological polar surface area (TPSA) is 110 Å². The van der Waals surface area contributed by atoms with Crippen molar-refractivity contribution in [2.45, 2.75) is 51.7 Å². The van der Waals surface area contributed by atoms with Crippen LogP contribution in [0, 0.1) is 5.92 Å². The van der Waals surface area contributed by atoms with Crippen LogP contribution >= 0.6 is 0 Å². The highest BCUT2D eigenvalue weighted by molar-refractivity contribution is 5.85. The van der Waals surface area contributed by atoms with Crippen molar-refractivity contribution in [2.24, 2.45) is 5.92 Å². The summed E-state index contributed by atoms with van der Waals surface area (Å²) in [4.78, 5) is 28.5. The summed E-state index contributed by atoms with van der Waals surface area (Å²) in [5, 5.41) is 14.9.